The van der Waals surface area contributed by atoms with E-state index in [1.54, 1.807) is 20.8 Å². The second kappa shape index (κ2) is 17.1. The Morgan fingerprint density at radius 3 is 1.56 bits per heavy atom. The number of carbonyl (C=O) groups is 4. The predicted molar refractivity (Wildman–Crippen MR) is 214 cm³/mol. The summed E-state index contributed by atoms with van der Waals surface area (Å²) in [6, 6.07) is 42.3. The first-order valence-electron chi connectivity index (χ1n) is 18.1. The summed E-state index contributed by atoms with van der Waals surface area (Å²) >= 11 is 1.37. The van der Waals surface area contributed by atoms with E-state index in [2.05, 4.69) is 10.6 Å². The average molecular weight is 757 g/mol. The number of nitrogens with one attached hydrogen (secondary N) is 2. The maximum Gasteiger partial charge on any atom is 0.407 e. The van der Waals surface area contributed by atoms with Crippen LogP contribution in [0.15, 0.2) is 140 Å². The van der Waals surface area contributed by atoms with Crippen LogP contribution in [-0.4, -0.2) is 59.1 Å². The SMILES string of the molecule is CC(C)(C)OC(=O)C[C@H](NC(=O)OCC1c2ccccc2-c2ccccc21)C(=O)N[C@@H](CSC(c1ccccc1)(c1ccccc1)c1ccccc1)C(=O)O. The lowest BCUT2D eigenvalue weighted by atomic mass is 9.84. The number of carboxylic acids is 1. The molecule has 9 nitrogen and oxygen atoms in total. The van der Waals surface area contributed by atoms with Crippen LogP contribution < -0.4 is 10.6 Å². The Balaban J connectivity index is 1.22. The largest absolute Gasteiger partial charge is 0.480 e. The fraction of sp³-hybridized carbons (Fsp3) is 0.244. The number of alkyl carbamates (subject to hydrolysis) is 1. The van der Waals surface area contributed by atoms with Gasteiger partial charge in [-0.25, -0.2) is 9.59 Å². The Morgan fingerprint density at radius 1 is 0.655 bits per heavy atom. The number of fused-ring (bicyclic) bond motifs is 3. The van der Waals surface area contributed by atoms with Crippen molar-refractivity contribution < 1.29 is 33.8 Å². The van der Waals surface area contributed by atoms with Gasteiger partial charge in [0, 0.05) is 11.7 Å². The zero-order chi connectivity index (χ0) is 39.0. The molecule has 0 fully saturated rings. The minimum absolute atomic E-state index is 0.0183. The van der Waals surface area contributed by atoms with Crippen molar-refractivity contribution in [1.29, 1.82) is 0 Å². The molecule has 5 aromatic rings. The molecule has 282 valence electrons. The molecule has 0 saturated heterocycles. The molecule has 2 atom stereocenters. The number of hydrogen-bond acceptors (Lipinski definition) is 7. The topological polar surface area (TPSA) is 131 Å². The van der Waals surface area contributed by atoms with Gasteiger partial charge in [0.15, 0.2) is 0 Å². The number of esters is 1. The number of amides is 2. The zero-order valence-electron chi connectivity index (χ0n) is 30.9. The van der Waals surface area contributed by atoms with Gasteiger partial charge in [0.05, 0.1) is 11.2 Å². The molecule has 0 aliphatic heterocycles. The number of rotatable bonds is 14. The predicted octanol–water partition coefficient (Wildman–Crippen LogP) is 7.92. The van der Waals surface area contributed by atoms with Crippen molar-refractivity contribution in [2.75, 3.05) is 12.4 Å². The van der Waals surface area contributed by atoms with Crippen molar-refractivity contribution in [1.82, 2.24) is 10.6 Å². The highest BCUT2D eigenvalue weighted by molar-refractivity contribution is 8.00. The van der Waals surface area contributed by atoms with Gasteiger partial charge in [-0.1, -0.05) is 140 Å². The van der Waals surface area contributed by atoms with Gasteiger partial charge in [-0.05, 0) is 59.7 Å². The average Bonchev–Trinajstić information content (AvgIpc) is 3.50. The molecule has 0 saturated carbocycles. The van der Waals surface area contributed by atoms with Gasteiger partial charge in [-0.15, -0.1) is 11.8 Å². The molecule has 0 bridgehead atoms. The lowest BCUT2D eigenvalue weighted by Gasteiger charge is -2.36. The standard InChI is InChI=1S/C45H44N2O7S/c1-44(2,3)54-40(48)27-38(47-43(52)53-28-37-35-25-15-13-23-33(35)34-24-14-16-26-36(34)37)41(49)46-39(42(50)51)29-55-45(30-17-7-4-8-18-30,31-19-9-5-10-20-31)32-21-11-6-12-22-32/h4-26,37-39H,27-29H2,1-3H3,(H,46,49)(H,47,52)(H,50,51)/t38-,39-/m0/s1. The molecule has 6 rings (SSSR count). The molecule has 0 spiro atoms. The summed E-state index contributed by atoms with van der Waals surface area (Å²) in [7, 11) is 0. The minimum Gasteiger partial charge on any atom is -0.480 e. The Bertz CT molecular complexity index is 1980. The highest BCUT2D eigenvalue weighted by Gasteiger charge is 2.39. The highest BCUT2D eigenvalue weighted by Crippen LogP contribution is 2.49. The summed E-state index contributed by atoms with van der Waals surface area (Å²) in [5, 5.41) is 15.6. The number of carbonyl (C=O) groups excluding carboxylic acids is 3. The van der Waals surface area contributed by atoms with E-state index in [1.807, 2.05) is 140 Å². The molecule has 0 radical (unpaired) electrons. The number of benzene rings is 5. The summed E-state index contributed by atoms with van der Waals surface area (Å²) in [4.78, 5) is 53.2. The third-order valence-electron chi connectivity index (χ3n) is 9.37. The summed E-state index contributed by atoms with van der Waals surface area (Å²) in [6.45, 7) is 5.05. The fourth-order valence-corrected chi connectivity index (χ4v) is 8.52. The maximum atomic E-state index is 14.0. The van der Waals surface area contributed by atoms with Gasteiger partial charge in [-0.3, -0.25) is 9.59 Å². The number of aliphatic carboxylic acids is 1. The highest BCUT2D eigenvalue weighted by atomic mass is 32.2. The van der Waals surface area contributed by atoms with Crippen LogP contribution in [0.2, 0.25) is 0 Å². The molecule has 10 heteroatoms. The van der Waals surface area contributed by atoms with Crippen molar-refractivity contribution in [3.05, 3.63) is 167 Å². The zero-order valence-corrected chi connectivity index (χ0v) is 31.8. The van der Waals surface area contributed by atoms with Crippen molar-refractivity contribution in [2.24, 2.45) is 0 Å². The van der Waals surface area contributed by atoms with Crippen LogP contribution >= 0.6 is 11.8 Å². The molecular weight excluding hydrogens is 713 g/mol. The van der Waals surface area contributed by atoms with Gasteiger partial charge in [0.1, 0.15) is 24.3 Å². The van der Waals surface area contributed by atoms with Gasteiger partial charge < -0.3 is 25.2 Å². The molecule has 0 heterocycles. The van der Waals surface area contributed by atoms with Crippen molar-refractivity contribution in [3.8, 4) is 11.1 Å². The van der Waals surface area contributed by atoms with Crippen LogP contribution in [0, 0.1) is 0 Å². The monoisotopic (exact) mass is 756 g/mol. The Labute approximate surface area is 325 Å². The first kappa shape index (κ1) is 38.8. The number of carboxylic acid groups (broad SMARTS) is 1. The van der Waals surface area contributed by atoms with Gasteiger partial charge in [-0.2, -0.15) is 0 Å². The van der Waals surface area contributed by atoms with E-state index in [9.17, 15) is 24.3 Å². The van der Waals surface area contributed by atoms with Crippen LogP contribution in [0.4, 0.5) is 4.79 Å². The lowest BCUT2D eigenvalue weighted by molar-refractivity contribution is -0.156. The molecule has 2 amide bonds. The van der Waals surface area contributed by atoms with E-state index in [4.69, 9.17) is 9.47 Å². The Hall–Kier alpha value is -5.87. The summed E-state index contributed by atoms with van der Waals surface area (Å²) in [5.74, 6) is -3.18. The lowest BCUT2D eigenvalue weighted by Crippen LogP contribution is -2.53. The molecular formula is C45H44N2O7S. The van der Waals surface area contributed by atoms with Gasteiger partial charge in [0.25, 0.3) is 0 Å². The first-order chi connectivity index (χ1) is 26.5. The van der Waals surface area contributed by atoms with Crippen molar-refractivity contribution in [3.63, 3.8) is 0 Å². The maximum absolute atomic E-state index is 14.0. The Morgan fingerprint density at radius 2 is 1.11 bits per heavy atom. The van der Waals surface area contributed by atoms with E-state index in [0.717, 1.165) is 38.9 Å². The molecule has 5 aromatic carbocycles. The van der Waals surface area contributed by atoms with Crippen LogP contribution in [0.5, 0.6) is 0 Å². The third kappa shape index (κ3) is 9.09. The summed E-state index contributed by atoms with van der Waals surface area (Å²) in [6.07, 6.45) is -1.47. The van der Waals surface area contributed by atoms with E-state index in [1.165, 1.54) is 11.8 Å². The van der Waals surface area contributed by atoms with E-state index in [0.29, 0.717) is 0 Å². The molecule has 55 heavy (non-hydrogen) atoms. The van der Waals surface area contributed by atoms with E-state index >= 15 is 0 Å². The van der Waals surface area contributed by atoms with Crippen LogP contribution in [0.1, 0.15) is 60.9 Å². The fourth-order valence-electron chi connectivity index (χ4n) is 6.97. The van der Waals surface area contributed by atoms with Gasteiger partial charge >= 0.3 is 18.0 Å². The summed E-state index contributed by atoms with van der Waals surface area (Å²) in [5.41, 5.74) is 6.05. The second-order valence-corrected chi connectivity index (χ2v) is 15.5. The quantitative estimate of drug-likeness (QED) is 0.0770. The van der Waals surface area contributed by atoms with Crippen molar-refractivity contribution >= 4 is 35.7 Å². The van der Waals surface area contributed by atoms with E-state index < -0.39 is 52.8 Å². The van der Waals surface area contributed by atoms with Gasteiger partial charge in [0.2, 0.25) is 5.91 Å². The third-order valence-corrected chi connectivity index (χ3v) is 11.0. The summed E-state index contributed by atoms with van der Waals surface area (Å²) < 4.78 is 10.3. The molecule has 0 aromatic heterocycles. The number of hydrogen-bond donors (Lipinski definition) is 3. The van der Waals surface area contributed by atoms with E-state index in [-0.39, 0.29) is 18.3 Å². The van der Waals surface area contributed by atoms with Crippen LogP contribution in [0.3, 0.4) is 0 Å². The first-order valence-corrected chi connectivity index (χ1v) is 19.1. The van der Waals surface area contributed by atoms with Crippen LogP contribution in [0.25, 0.3) is 11.1 Å². The number of ether oxygens (including phenoxy) is 2. The van der Waals surface area contributed by atoms with Crippen LogP contribution in [-0.2, 0) is 28.6 Å². The normalized spacial score (nSPS) is 13.4. The smallest absolute Gasteiger partial charge is 0.407 e. The second-order valence-electron chi connectivity index (χ2n) is 14.3. The van der Waals surface area contributed by atoms with Crippen molar-refractivity contribution in [2.45, 2.75) is 55.5 Å². The number of thioether (sulfide) groups is 1. The molecule has 1 aliphatic rings. The molecule has 3 N–H and O–H groups in total. The molecule has 1 aliphatic carbocycles. The Kier molecular flexibility index (Phi) is 12.1. The minimum atomic E-state index is -1.49. The molecule has 0 unspecified atom stereocenters.